The van der Waals surface area contributed by atoms with Gasteiger partial charge in [0.05, 0.1) is 33.0 Å². The van der Waals surface area contributed by atoms with Gasteiger partial charge < -0.3 is 9.13 Å². The minimum Gasteiger partial charge on any atom is -0.309 e. The topological polar surface area (TPSA) is 31.9 Å². The molecule has 3 aromatic heterocycles. The van der Waals surface area contributed by atoms with E-state index in [1.165, 1.54) is 0 Å². The first kappa shape index (κ1) is 25.9. The van der Waals surface area contributed by atoms with Crippen LogP contribution in [0.1, 0.15) is 0 Å². The van der Waals surface area contributed by atoms with Crippen LogP contribution in [0.2, 0.25) is 0 Å². The van der Waals surface area contributed by atoms with E-state index in [0.717, 1.165) is 77.0 Å². The van der Waals surface area contributed by atoms with Crippen molar-refractivity contribution >= 4 is 65.3 Å². The van der Waals surface area contributed by atoms with Gasteiger partial charge in [0.25, 0.3) is 5.56 Å². The van der Waals surface area contributed by atoms with Gasteiger partial charge in [0.2, 0.25) is 0 Å². The number of benzene rings is 7. The zero-order chi connectivity index (χ0) is 31.1. The molecule has 0 bridgehead atoms. The second-order valence-electron chi connectivity index (χ2n) is 12.1. The molecule has 0 unspecified atom stereocenters. The Morgan fingerprint density at radius 3 is 1.40 bits per heavy atom. The van der Waals surface area contributed by atoms with Crippen molar-refractivity contribution in [2.24, 2.45) is 0 Å². The lowest BCUT2D eigenvalue weighted by Gasteiger charge is -2.17. The number of hydrogen-bond donors (Lipinski definition) is 0. The van der Waals surface area contributed by atoms with Crippen LogP contribution in [0.3, 0.4) is 0 Å². The summed E-state index contributed by atoms with van der Waals surface area (Å²) in [5.41, 5.74) is 8.24. The van der Waals surface area contributed by atoms with Gasteiger partial charge in [0, 0.05) is 49.4 Å². The predicted octanol–water partition coefficient (Wildman–Crippen LogP) is 10.3. The molecule has 10 aromatic rings. The first-order valence-corrected chi connectivity index (χ1v) is 15.9. The van der Waals surface area contributed by atoms with Crippen LogP contribution in [0.5, 0.6) is 0 Å². The number of para-hydroxylation sites is 5. The smallest absolute Gasteiger partial charge is 0.263 e. The molecule has 0 amide bonds. The molecular weight excluding hydrogens is 574 g/mol. The van der Waals surface area contributed by atoms with Crippen LogP contribution in [0.15, 0.2) is 169 Å². The van der Waals surface area contributed by atoms with Crippen LogP contribution in [0.4, 0.5) is 0 Å². The molecule has 220 valence electrons. The summed E-state index contributed by atoms with van der Waals surface area (Å²) in [6.45, 7) is 0. The lowest BCUT2D eigenvalue weighted by Crippen LogP contribution is -2.19. The van der Waals surface area contributed by atoms with Gasteiger partial charge in [-0.05, 0) is 66.7 Å². The van der Waals surface area contributed by atoms with Crippen LogP contribution < -0.4 is 5.56 Å². The number of hydrogen-bond acceptors (Lipinski definition) is 1. The van der Waals surface area contributed by atoms with Gasteiger partial charge in [0.15, 0.2) is 0 Å². The van der Waals surface area contributed by atoms with Gasteiger partial charge in [-0.15, -0.1) is 0 Å². The fourth-order valence-corrected chi connectivity index (χ4v) is 7.74. The van der Waals surface area contributed by atoms with E-state index >= 15 is 0 Å². The van der Waals surface area contributed by atoms with Crippen LogP contribution >= 0.6 is 0 Å². The minimum atomic E-state index is -0.0309. The fraction of sp³-hybridized carbons (Fsp3) is 0. The molecule has 0 saturated heterocycles. The van der Waals surface area contributed by atoms with Crippen LogP contribution in [0.25, 0.3) is 82.3 Å². The van der Waals surface area contributed by atoms with Gasteiger partial charge in [-0.2, -0.15) is 0 Å². The number of aromatic nitrogens is 3. The van der Waals surface area contributed by atoms with Crippen LogP contribution in [-0.4, -0.2) is 13.7 Å². The maximum Gasteiger partial charge on any atom is 0.263 e. The number of pyridine rings is 1. The highest BCUT2D eigenvalue weighted by Gasteiger charge is 2.24. The summed E-state index contributed by atoms with van der Waals surface area (Å²) in [7, 11) is 0. The van der Waals surface area contributed by atoms with E-state index in [0.29, 0.717) is 5.39 Å². The molecule has 10 rings (SSSR count). The number of nitrogens with zero attached hydrogens (tertiary/aromatic N) is 3. The van der Waals surface area contributed by atoms with Gasteiger partial charge in [0.1, 0.15) is 0 Å². The molecule has 4 nitrogen and oxygen atoms in total. The second-order valence-corrected chi connectivity index (χ2v) is 12.1. The lowest BCUT2D eigenvalue weighted by atomic mass is 9.98. The van der Waals surface area contributed by atoms with E-state index in [4.69, 9.17) is 0 Å². The summed E-state index contributed by atoms with van der Waals surface area (Å²) in [5, 5.41) is 7.29. The van der Waals surface area contributed by atoms with E-state index < -0.39 is 0 Å². The Morgan fingerprint density at radius 1 is 0.298 bits per heavy atom. The quantitative estimate of drug-likeness (QED) is 0.185. The Balaban J connectivity index is 1.55. The van der Waals surface area contributed by atoms with Crippen molar-refractivity contribution in [2.75, 3.05) is 0 Å². The van der Waals surface area contributed by atoms with E-state index in [9.17, 15) is 4.79 Å². The van der Waals surface area contributed by atoms with Gasteiger partial charge in [-0.3, -0.25) is 9.36 Å². The van der Waals surface area contributed by atoms with Crippen molar-refractivity contribution < 1.29 is 0 Å². The summed E-state index contributed by atoms with van der Waals surface area (Å²) >= 11 is 0. The maximum atomic E-state index is 14.8. The van der Waals surface area contributed by atoms with Crippen LogP contribution in [-0.2, 0) is 0 Å². The largest absolute Gasteiger partial charge is 0.309 e. The average Bonchev–Trinajstić information content (AvgIpc) is 3.66. The SMILES string of the molecule is O=c1c2ccc3c4ccccc4n(-c4ccccc4)c3c2c2c3c4ccccc4n(-c4ccccc4)c3ccc2n1-c1ccccc1. The molecule has 0 N–H and O–H groups in total. The van der Waals surface area contributed by atoms with Crippen molar-refractivity contribution in [1.82, 2.24) is 13.7 Å². The van der Waals surface area contributed by atoms with Gasteiger partial charge >= 0.3 is 0 Å². The molecule has 0 aliphatic heterocycles. The molecule has 0 saturated carbocycles. The Morgan fingerprint density at radius 2 is 0.766 bits per heavy atom. The number of fused-ring (bicyclic) bond motifs is 11. The zero-order valence-electron chi connectivity index (χ0n) is 25.3. The Kier molecular flexibility index (Phi) is 5.40. The van der Waals surface area contributed by atoms with E-state index in [2.05, 4.69) is 130 Å². The molecule has 0 aliphatic rings. The fourth-order valence-electron chi connectivity index (χ4n) is 7.74. The molecule has 0 fully saturated rings. The number of rotatable bonds is 3. The molecule has 4 heteroatoms. The third-order valence-corrected chi connectivity index (χ3v) is 9.62. The standard InChI is InChI=1S/C43H27N3O/c47-43-34-25-24-32-31-20-10-12-22-35(31)45(29-16-6-2-7-17-29)42(32)40(34)41-38(46(43)30-18-8-3-9-19-30)27-26-37-39(41)33-21-11-13-23-36(33)44(37)28-14-4-1-5-15-28/h1-27H. The monoisotopic (exact) mass is 601 g/mol. The first-order chi connectivity index (χ1) is 23.3. The highest BCUT2D eigenvalue weighted by molar-refractivity contribution is 6.33. The highest BCUT2D eigenvalue weighted by atomic mass is 16.1. The third kappa shape index (κ3) is 3.55. The molecule has 0 radical (unpaired) electrons. The van der Waals surface area contributed by atoms with Crippen molar-refractivity contribution in [3.05, 3.63) is 174 Å². The van der Waals surface area contributed by atoms with E-state index in [-0.39, 0.29) is 5.56 Å². The van der Waals surface area contributed by atoms with Crippen molar-refractivity contribution in [1.29, 1.82) is 0 Å². The molecule has 0 aliphatic carbocycles. The van der Waals surface area contributed by atoms with Crippen molar-refractivity contribution in [3.8, 4) is 17.1 Å². The predicted molar refractivity (Wildman–Crippen MR) is 196 cm³/mol. The summed E-state index contributed by atoms with van der Waals surface area (Å²) in [6, 6.07) is 56.7. The second kappa shape index (κ2) is 9.80. The molecular formula is C43H27N3O. The zero-order valence-corrected chi connectivity index (χ0v) is 25.3. The van der Waals surface area contributed by atoms with Crippen molar-refractivity contribution in [2.45, 2.75) is 0 Å². The van der Waals surface area contributed by atoms with E-state index in [1.54, 1.807) is 0 Å². The summed E-state index contributed by atoms with van der Waals surface area (Å²) in [4.78, 5) is 14.8. The van der Waals surface area contributed by atoms with Crippen LogP contribution in [0, 0.1) is 0 Å². The van der Waals surface area contributed by atoms with E-state index in [1.807, 2.05) is 47.0 Å². The highest BCUT2D eigenvalue weighted by Crippen LogP contribution is 2.44. The third-order valence-electron chi connectivity index (χ3n) is 9.62. The Hall–Kier alpha value is -6.39. The average molecular weight is 602 g/mol. The minimum absolute atomic E-state index is 0.0309. The Labute approximate surface area is 269 Å². The van der Waals surface area contributed by atoms with Gasteiger partial charge in [-0.1, -0.05) is 97.1 Å². The molecule has 3 heterocycles. The maximum absolute atomic E-state index is 14.8. The first-order valence-electron chi connectivity index (χ1n) is 15.9. The van der Waals surface area contributed by atoms with Gasteiger partial charge in [-0.25, -0.2) is 0 Å². The summed E-state index contributed by atoms with van der Waals surface area (Å²) in [6.07, 6.45) is 0. The molecule has 7 aromatic carbocycles. The molecule has 47 heavy (non-hydrogen) atoms. The Bertz CT molecular complexity index is 2900. The molecule has 0 atom stereocenters. The summed E-state index contributed by atoms with van der Waals surface area (Å²) < 4.78 is 6.59. The summed E-state index contributed by atoms with van der Waals surface area (Å²) in [5.74, 6) is 0. The lowest BCUT2D eigenvalue weighted by molar-refractivity contribution is 1.06. The van der Waals surface area contributed by atoms with Crippen molar-refractivity contribution in [3.63, 3.8) is 0 Å². The molecule has 0 spiro atoms. The normalized spacial score (nSPS) is 11.9.